The Kier molecular flexibility index (Phi) is 11.1. The highest BCUT2D eigenvalue weighted by Gasteiger charge is 2.16. The molecular formula is C15H25Cl2FN4O. The van der Waals surface area contributed by atoms with E-state index in [0.717, 1.165) is 39.3 Å². The van der Waals surface area contributed by atoms with E-state index < -0.39 is 5.82 Å². The largest absolute Gasteiger partial charge is 0.351 e. The molecule has 0 radical (unpaired) electrons. The predicted molar refractivity (Wildman–Crippen MR) is 95.2 cm³/mol. The van der Waals surface area contributed by atoms with Gasteiger partial charge in [0.2, 0.25) is 0 Å². The molecule has 0 aromatic heterocycles. The molecule has 0 saturated carbocycles. The van der Waals surface area contributed by atoms with Gasteiger partial charge in [0, 0.05) is 52.4 Å². The molecular weight excluding hydrogens is 342 g/mol. The molecule has 8 heteroatoms. The average molecular weight is 367 g/mol. The fourth-order valence-corrected chi connectivity index (χ4v) is 2.49. The smallest absolute Gasteiger partial charge is 0.254 e. The van der Waals surface area contributed by atoms with E-state index in [1.165, 1.54) is 12.1 Å². The molecule has 132 valence electrons. The van der Waals surface area contributed by atoms with Gasteiger partial charge in [0.15, 0.2) is 0 Å². The van der Waals surface area contributed by atoms with Crippen LogP contribution in [0.1, 0.15) is 10.4 Å². The molecule has 0 aliphatic carbocycles. The van der Waals surface area contributed by atoms with Crippen molar-refractivity contribution in [2.45, 2.75) is 0 Å². The van der Waals surface area contributed by atoms with E-state index in [0.29, 0.717) is 13.1 Å². The fraction of sp³-hybridized carbons (Fsp3) is 0.533. The number of nitrogens with zero attached hydrogens (tertiary/aromatic N) is 2. The second kappa shape index (κ2) is 11.6. The first-order chi connectivity index (χ1) is 10.2. The molecule has 1 amide bonds. The highest BCUT2D eigenvalue weighted by molar-refractivity contribution is 5.94. The Labute approximate surface area is 149 Å². The van der Waals surface area contributed by atoms with Crippen LogP contribution in [-0.4, -0.2) is 68.1 Å². The topological polar surface area (TPSA) is 61.6 Å². The second-order valence-electron chi connectivity index (χ2n) is 5.21. The van der Waals surface area contributed by atoms with Crippen LogP contribution in [0.4, 0.5) is 4.39 Å². The zero-order chi connectivity index (χ0) is 15.1. The number of carbonyl (C=O) groups is 1. The maximum atomic E-state index is 13.5. The lowest BCUT2D eigenvalue weighted by molar-refractivity contribution is 0.0933. The van der Waals surface area contributed by atoms with Gasteiger partial charge in [-0.15, -0.1) is 24.8 Å². The van der Waals surface area contributed by atoms with Gasteiger partial charge in [0.05, 0.1) is 5.56 Å². The molecule has 1 aromatic carbocycles. The quantitative estimate of drug-likeness (QED) is 0.787. The number of rotatable bonds is 6. The summed E-state index contributed by atoms with van der Waals surface area (Å²) in [6, 6.07) is 6.03. The Morgan fingerprint density at radius 1 is 1.09 bits per heavy atom. The van der Waals surface area contributed by atoms with Gasteiger partial charge in [-0.05, 0) is 12.1 Å². The number of hydrogen-bond acceptors (Lipinski definition) is 4. The molecule has 1 aliphatic heterocycles. The normalized spacial score (nSPS) is 15.4. The van der Waals surface area contributed by atoms with E-state index in [2.05, 4.69) is 15.1 Å². The molecule has 1 saturated heterocycles. The van der Waals surface area contributed by atoms with Gasteiger partial charge >= 0.3 is 0 Å². The molecule has 1 aliphatic rings. The highest BCUT2D eigenvalue weighted by atomic mass is 35.5. The molecule has 3 N–H and O–H groups in total. The van der Waals surface area contributed by atoms with Crippen molar-refractivity contribution >= 4 is 30.7 Å². The van der Waals surface area contributed by atoms with E-state index in [-0.39, 0.29) is 36.3 Å². The van der Waals surface area contributed by atoms with Crippen LogP contribution in [0.2, 0.25) is 0 Å². The molecule has 23 heavy (non-hydrogen) atoms. The molecule has 1 aromatic rings. The number of nitrogens with two attached hydrogens (primary N) is 1. The summed E-state index contributed by atoms with van der Waals surface area (Å²) in [6.07, 6.45) is 0. The second-order valence-corrected chi connectivity index (χ2v) is 5.21. The maximum absolute atomic E-state index is 13.5. The van der Waals surface area contributed by atoms with Gasteiger partial charge < -0.3 is 11.1 Å². The van der Waals surface area contributed by atoms with Crippen molar-refractivity contribution in [2.24, 2.45) is 5.73 Å². The van der Waals surface area contributed by atoms with Crippen LogP contribution in [0.3, 0.4) is 0 Å². The van der Waals surface area contributed by atoms with Crippen LogP contribution < -0.4 is 11.1 Å². The van der Waals surface area contributed by atoms with Crippen molar-refractivity contribution in [3.8, 4) is 0 Å². The summed E-state index contributed by atoms with van der Waals surface area (Å²) in [5.74, 6) is -0.833. The number of carbonyl (C=O) groups excluding carboxylic acids is 1. The average Bonchev–Trinajstić information content (AvgIpc) is 2.49. The first-order valence-electron chi connectivity index (χ1n) is 7.38. The van der Waals surface area contributed by atoms with Crippen LogP contribution >= 0.6 is 24.8 Å². The Balaban J connectivity index is 0.00000242. The Morgan fingerprint density at radius 3 is 2.22 bits per heavy atom. The summed E-state index contributed by atoms with van der Waals surface area (Å²) in [5.41, 5.74) is 5.64. The van der Waals surface area contributed by atoms with Crippen molar-refractivity contribution in [3.05, 3.63) is 35.6 Å². The molecule has 0 unspecified atom stereocenters. The van der Waals surface area contributed by atoms with Crippen LogP contribution in [0.15, 0.2) is 24.3 Å². The third kappa shape index (κ3) is 7.01. The molecule has 1 heterocycles. The molecule has 5 nitrogen and oxygen atoms in total. The third-order valence-corrected chi connectivity index (χ3v) is 3.74. The summed E-state index contributed by atoms with van der Waals surface area (Å²) in [6.45, 7) is 6.94. The van der Waals surface area contributed by atoms with Crippen LogP contribution in [0.25, 0.3) is 0 Å². The summed E-state index contributed by atoms with van der Waals surface area (Å²) in [4.78, 5) is 16.5. The Morgan fingerprint density at radius 2 is 1.65 bits per heavy atom. The number of nitrogens with one attached hydrogen (secondary N) is 1. The van der Waals surface area contributed by atoms with E-state index >= 15 is 0 Å². The van der Waals surface area contributed by atoms with Crippen molar-refractivity contribution in [1.82, 2.24) is 15.1 Å². The zero-order valence-corrected chi connectivity index (χ0v) is 14.7. The van der Waals surface area contributed by atoms with E-state index in [9.17, 15) is 9.18 Å². The zero-order valence-electron chi connectivity index (χ0n) is 13.0. The molecule has 0 spiro atoms. The minimum absolute atomic E-state index is 0. The highest BCUT2D eigenvalue weighted by Crippen LogP contribution is 2.05. The Hall–Kier alpha value is -0.920. The van der Waals surface area contributed by atoms with Gasteiger partial charge in [-0.2, -0.15) is 0 Å². The van der Waals surface area contributed by atoms with E-state index in [1.807, 2.05) is 0 Å². The van der Waals surface area contributed by atoms with Gasteiger partial charge in [-0.25, -0.2) is 4.39 Å². The number of piperazine rings is 1. The lowest BCUT2D eigenvalue weighted by atomic mass is 10.2. The standard InChI is InChI=1S/C15H23FN4O.2ClH/c16-14-4-2-1-3-13(14)15(21)18-6-8-20-11-9-19(7-5-17)10-12-20;;/h1-4H,5-12,17H2,(H,18,21);2*1H. The minimum atomic E-state index is -0.481. The lowest BCUT2D eigenvalue weighted by Crippen LogP contribution is -2.49. The minimum Gasteiger partial charge on any atom is -0.351 e. The van der Waals surface area contributed by atoms with Crippen molar-refractivity contribution in [2.75, 3.05) is 52.4 Å². The monoisotopic (exact) mass is 366 g/mol. The predicted octanol–water partition coefficient (Wildman–Crippen LogP) is 0.975. The van der Waals surface area contributed by atoms with Gasteiger partial charge in [0.1, 0.15) is 5.82 Å². The first kappa shape index (κ1) is 22.1. The van der Waals surface area contributed by atoms with Crippen LogP contribution in [0.5, 0.6) is 0 Å². The molecule has 0 bridgehead atoms. The number of benzene rings is 1. The van der Waals surface area contributed by atoms with Gasteiger partial charge in [-0.1, -0.05) is 12.1 Å². The SMILES string of the molecule is Cl.Cl.NCCN1CCN(CCNC(=O)c2ccccc2F)CC1. The number of halogens is 3. The lowest BCUT2D eigenvalue weighted by Gasteiger charge is -2.34. The Bertz CT molecular complexity index is 471. The molecule has 2 rings (SSSR count). The summed E-state index contributed by atoms with van der Waals surface area (Å²) >= 11 is 0. The summed E-state index contributed by atoms with van der Waals surface area (Å²) in [5, 5.41) is 2.77. The summed E-state index contributed by atoms with van der Waals surface area (Å²) in [7, 11) is 0. The van der Waals surface area contributed by atoms with Crippen LogP contribution in [-0.2, 0) is 0 Å². The fourth-order valence-electron chi connectivity index (χ4n) is 2.49. The number of hydrogen-bond donors (Lipinski definition) is 2. The van der Waals surface area contributed by atoms with Gasteiger partial charge in [-0.3, -0.25) is 14.6 Å². The maximum Gasteiger partial charge on any atom is 0.254 e. The number of amides is 1. The van der Waals surface area contributed by atoms with Crippen molar-refractivity contribution in [1.29, 1.82) is 0 Å². The van der Waals surface area contributed by atoms with Crippen molar-refractivity contribution < 1.29 is 9.18 Å². The molecule has 0 atom stereocenters. The molecule has 1 fully saturated rings. The first-order valence-corrected chi connectivity index (χ1v) is 7.38. The third-order valence-electron chi connectivity index (χ3n) is 3.74. The van der Waals surface area contributed by atoms with Gasteiger partial charge in [0.25, 0.3) is 5.91 Å². The summed E-state index contributed by atoms with van der Waals surface area (Å²) < 4.78 is 13.5. The van der Waals surface area contributed by atoms with Crippen molar-refractivity contribution in [3.63, 3.8) is 0 Å². The van der Waals surface area contributed by atoms with E-state index in [4.69, 9.17) is 5.73 Å². The van der Waals surface area contributed by atoms with E-state index in [1.54, 1.807) is 12.1 Å². The van der Waals surface area contributed by atoms with Crippen LogP contribution in [0, 0.1) is 5.82 Å².